The van der Waals surface area contributed by atoms with Crippen molar-refractivity contribution >= 4 is 33.2 Å². The number of thiophene rings is 1. The number of nitrogens with one attached hydrogen (secondary N) is 1. The Bertz CT molecular complexity index is 1090. The van der Waals surface area contributed by atoms with E-state index in [2.05, 4.69) is 67.6 Å². The molecule has 4 aromatic rings. The Morgan fingerprint density at radius 3 is 2.68 bits per heavy atom. The topological polar surface area (TPSA) is 53.9 Å². The van der Waals surface area contributed by atoms with Gasteiger partial charge in [-0.05, 0) is 42.2 Å². The van der Waals surface area contributed by atoms with Gasteiger partial charge in [-0.15, -0.1) is 11.3 Å². The lowest BCUT2D eigenvalue weighted by Gasteiger charge is -2.17. The minimum Gasteiger partial charge on any atom is -0.365 e. The Morgan fingerprint density at radius 1 is 0.964 bits per heavy atom. The summed E-state index contributed by atoms with van der Waals surface area (Å²) in [6.45, 7) is 2.92. The van der Waals surface area contributed by atoms with Gasteiger partial charge in [0.25, 0.3) is 0 Å². The molecule has 4 heterocycles. The fourth-order valence-electron chi connectivity index (χ4n) is 3.62. The lowest BCUT2D eigenvalue weighted by molar-refractivity contribution is 0.931. The minimum atomic E-state index is 0.714. The van der Waals surface area contributed by atoms with E-state index in [0.29, 0.717) is 6.54 Å². The van der Waals surface area contributed by atoms with Gasteiger partial charge in [-0.25, -0.2) is 15.0 Å². The summed E-state index contributed by atoms with van der Waals surface area (Å²) >= 11 is 1.70. The van der Waals surface area contributed by atoms with Gasteiger partial charge in [-0.3, -0.25) is 0 Å². The van der Waals surface area contributed by atoms with Crippen LogP contribution in [-0.4, -0.2) is 28.0 Å². The second kappa shape index (κ2) is 7.56. The molecule has 1 fully saturated rings. The number of rotatable bonds is 5. The van der Waals surface area contributed by atoms with E-state index in [9.17, 15) is 0 Å². The first-order chi connectivity index (χ1) is 13.9. The predicted molar refractivity (Wildman–Crippen MR) is 116 cm³/mol. The summed E-state index contributed by atoms with van der Waals surface area (Å²) in [7, 11) is 0. The Morgan fingerprint density at radius 2 is 1.82 bits per heavy atom. The van der Waals surface area contributed by atoms with E-state index in [1.807, 2.05) is 12.3 Å². The number of nitrogens with zero attached hydrogens (tertiary/aromatic N) is 4. The van der Waals surface area contributed by atoms with Crippen molar-refractivity contribution in [2.24, 2.45) is 0 Å². The molecular weight excluding hydrogens is 366 g/mol. The van der Waals surface area contributed by atoms with Gasteiger partial charge in [0.05, 0.1) is 5.39 Å². The van der Waals surface area contributed by atoms with Crippen molar-refractivity contribution in [2.75, 3.05) is 23.3 Å². The van der Waals surface area contributed by atoms with Crippen LogP contribution in [0.1, 0.15) is 18.4 Å². The second-order valence-electron chi connectivity index (χ2n) is 6.99. The second-order valence-corrected chi connectivity index (χ2v) is 8.02. The van der Waals surface area contributed by atoms with Gasteiger partial charge in [0.15, 0.2) is 0 Å². The van der Waals surface area contributed by atoms with Crippen LogP contribution in [0.3, 0.4) is 0 Å². The molecule has 0 atom stereocenters. The summed E-state index contributed by atoms with van der Waals surface area (Å²) in [4.78, 5) is 18.1. The van der Waals surface area contributed by atoms with Crippen molar-refractivity contribution in [3.05, 3.63) is 66.6 Å². The van der Waals surface area contributed by atoms with E-state index in [0.717, 1.165) is 34.9 Å². The number of hydrogen-bond donors (Lipinski definition) is 1. The normalized spacial score (nSPS) is 13.9. The number of benzene rings is 1. The Kier molecular flexibility index (Phi) is 4.62. The van der Waals surface area contributed by atoms with Crippen molar-refractivity contribution in [2.45, 2.75) is 19.4 Å². The van der Waals surface area contributed by atoms with Crippen LogP contribution in [0.25, 0.3) is 20.7 Å². The van der Waals surface area contributed by atoms with Crippen LogP contribution in [-0.2, 0) is 6.54 Å². The molecule has 1 saturated heterocycles. The van der Waals surface area contributed by atoms with Gasteiger partial charge >= 0.3 is 0 Å². The van der Waals surface area contributed by atoms with E-state index < -0.39 is 0 Å². The maximum atomic E-state index is 4.54. The third kappa shape index (κ3) is 3.43. The van der Waals surface area contributed by atoms with E-state index in [-0.39, 0.29) is 0 Å². The van der Waals surface area contributed by atoms with Crippen LogP contribution in [0.15, 0.2) is 61.1 Å². The zero-order valence-corrected chi connectivity index (χ0v) is 16.3. The Labute approximate surface area is 168 Å². The molecule has 140 valence electrons. The standard InChI is InChI=1S/C22H21N5S/c1-2-6-17(7-3-1)19-13-18-21(25-15-26-22(18)28-19)24-14-16-8-9-23-20(12-16)27-10-4-5-11-27/h1-3,6-9,12-13,15H,4-5,10-11,14H2,(H,24,25,26). The molecule has 5 nitrogen and oxygen atoms in total. The maximum Gasteiger partial charge on any atom is 0.138 e. The molecule has 0 bridgehead atoms. The number of aromatic nitrogens is 3. The largest absolute Gasteiger partial charge is 0.365 e. The number of anilines is 2. The van der Waals surface area contributed by atoms with E-state index in [4.69, 9.17) is 0 Å². The zero-order chi connectivity index (χ0) is 18.8. The van der Waals surface area contributed by atoms with Crippen molar-refractivity contribution in [3.8, 4) is 10.4 Å². The molecule has 0 spiro atoms. The molecule has 3 aromatic heterocycles. The van der Waals surface area contributed by atoms with Crippen LogP contribution in [0.5, 0.6) is 0 Å². The first kappa shape index (κ1) is 17.1. The summed E-state index contributed by atoms with van der Waals surface area (Å²) in [5.74, 6) is 1.95. The summed E-state index contributed by atoms with van der Waals surface area (Å²) in [6, 6.07) is 16.8. The van der Waals surface area contributed by atoms with Gasteiger partial charge in [-0.2, -0.15) is 0 Å². The third-order valence-corrected chi connectivity index (χ3v) is 6.18. The molecule has 0 unspecified atom stereocenters. The third-order valence-electron chi connectivity index (χ3n) is 5.09. The highest BCUT2D eigenvalue weighted by Gasteiger charge is 2.14. The van der Waals surface area contributed by atoms with Crippen molar-refractivity contribution in [3.63, 3.8) is 0 Å². The molecule has 0 amide bonds. The fraction of sp³-hybridized carbons (Fsp3) is 0.227. The molecule has 1 aliphatic rings. The molecule has 6 heteroatoms. The molecule has 1 aromatic carbocycles. The Balaban J connectivity index is 1.38. The SMILES string of the molecule is c1ccc(-c2cc3c(NCc4ccnc(N5CCCC5)c4)ncnc3s2)cc1. The lowest BCUT2D eigenvalue weighted by Crippen LogP contribution is -2.19. The Hall–Kier alpha value is -2.99. The van der Waals surface area contributed by atoms with Crippen molar-refractivity contribution < 1.29 is 0 Å². The predicted octanol–water partition coefficient (Wildman–Crippen LogP) is 4.97. The van der Waals surface area contributed by atoms with Crippen LogP contribution < -0.4 is 10.2 Å². The van der Waals surface area contributed by atoms with Gasteiger partial charge in [0, 0.05) is 30.7 Å². The zero-order valence-electron chi connectivity index (χ0n) is 15.5. The maximum absolute atomic E-state index is 4.54. The van der Waals surface area contributed by atoms with E-state index in [1.54, 1.807) is 17.7 Å². The van der Waals surface area contributed by atoms with E-state index >= 15 is 0 Å². The average Bonchev–Trinajstić information content (AvgIpc) is 3.43. The van der Waals surface area contributed by atoms with Crippen LogP contribution in [0.2, 0.25) is 0 Å². The number of fused-ring (bicyclic) bond motifs is 1. The quantitative estimate of drug-likeness (QED) is 0.524. The minimum absolute atomic E-state index is 0.714. The average molecular weight is 388 g/mol. The smallest absolute Gasteiger partial charge is 0.138 e. The first-order valence-corrected chi connectivity index (χ1v) is 10.4. The summed E-state index contributed by atoms with van der Waals surface area (Å²) in [5, 5.41) is 4.57. The molecule has 0 radical (unpaired) electrons. The van der Waals surface area contributed by atoms with Crippen molar-refractivity contribution in [1.29, 1.82) is 0 Å². The monoisotopic (exact) mass is 387 g/mol. The van der Waals surface area contributed by atoms with Gasteiger partial charge in [0.2, 0.25) is 0 Å². The molecule has 0 saturated carbocycles. The fourth-order valence-corrected chi connectivity index (χ4v) is 4.62. The molecule has 5 rings (SSSR count). The molecule has 0 aliphatic carbocycles. The summed E-state index contributed by atoms with van der Waals surface area (Å²) in [6.07, 6.45) is 6.05. The molecule has 1 aliphatic heterocycles. The molecular formula is C22H21N5S. The highest BCUT2D eigenvalue weighted by Crippen LogP contribution is 2.35. The van der Waals surface area contributed by atoms with Crippen LogP contribution >= 0.6 is 11.3 Å². The summed E-state index contributed by atoms with van der Waals surface area (Å²) < 4.78 is 0. The van der Waals surface area contributed by atoms with Gasteiger partial charge in [-0.1, -0.05) is 30.3 Å². The van der Waals surface area contributed by atoms with Crippen LogP contribution in [0.4, 0.5) is 11.6 Å². The van der Waals surface area contributed by atoms with E-state index in [1.165, 1.54) is 28.8 Å². The number of hydrogen-bond acceptors (Lipinski definition) is 6. The summed E-state index contributed by atoms with van der Waals surface area (Å²) in [5.41, 5.74) is 2.42. The van der Waals surface area contributed by atoms with Crippen LogP contribution in [0, 0.1) is 0 Å². The first-order valence-electron chi connectivity index (χ1n) is 9.60. The highest BCUT2D eigenvalue weighted by molar-refractivity contribution is 7.21. The van der Waals surface area contributed by atoms with Crippen molar-refractivity contribution in [1.82, 2.24) is 15.0 Å². The molecule has 1 N–H and O–H groups in total. The lowest BCUT2D eigenvalue weighted by atomic mass is 10.2. The molecule has 28 heavy (non-hydrogen) atoms. The van der Waals surface area contributed by atoms with Gasteiger partial charge < -0.3 is 10.2 Å². The number of pyridine rings is 1. The van der Waals surface area contributed by atoms with Gasteiger partial charge in [0.1, 0.15) is 22.8 Å². The highest BCUT2D eigenvalue weighted by atomic mass is 32.1.